The van der Waals surface area contributed by atoms with E-state index in [0.29, 0.717) is 17.7 Å². The van der Waals surface area contributed by atoms with E-state index in [0.717, 1.165) is 57.8 Å². The number of nitrogen functional groups attached to an aromatic ring is 1. The van der Waals surface area contributed by atoms with Gasteiger partial charge in [-0.05, 0) is 63.4 Å². The van der Waals surface area contributed by atoms with E-state index < -0.39 is 5.54 Å². The number of nitrogens with two attached hydrogens (primary N) is 1. The minimum Gasteiger partial charge on any atom is -0.397 e. The number of anilines is 2. The van der Waals surface area contributed by atoms with Crippen LogP contribution in [0.2, 0.25) is 0 Å². The van der Waals surface area contributed by atoms with Crippen molar-refractivity contribution in [1.82, 2.24) is 20.2 Å². The molecule has 2 heterocycles. The van der Waals surface area contributed by atoms with Crippen LogP contribution in [-0.4, -0.2) is 33.3 Å². The third-order valence-electron chi connectivity index (χ3n) is 9.00. The minimum atomic E-state index is -0.835. The van der Waals surface area contributed by atoms with Crippen molar-refractivity contribution < 1.29 is 0 Å². The first-order chi connectivity index (χ1) is 22.0. The van der Waals surface area contributed by atoms with E-state index in [9.17, 15) is 0 Å². The van der Waals surface area contributed by atoms with Crippen molar-refractivity contribution >= 4 is 11.4 Å². The van der Waals surface area contributed by atoms with E-state index in [1.807, 2.05) is 30.3 Å². The Balaban J connectivity index is 1.34. The maximum Gasteiger partial charge on any atom is 0.205 e. The number of aromatic nitrogens is 4. The quantitative estimate of drug-likeness (QED) is 0.151. The number of rotatable bonds is 7. The van der Waals surface area contributed by atoms with E-state index >= 15 is 0 Å². The van der Waals surface area contributed by atoms with Gasteiger partial charge in [0.15, 0.2) is 5.54 Å². The Hall–Kier alpha value is -5.23. The summed E-state index contributed by atoms with van der Waals surface area (Å²) in [5, 5.41) is 14.6. The molecule has 6 nitrogen and oxygen atoms in total. The number of benzene rings is 5. The summed E-state index contributed by atoms with van der Waals surface area (Å²) < 4.78 is 0. The molecule has 0 aliphatic carbocycles. The molecule has 5 aromatic carbocycles. The topological polar surface area (TPSA) is 72.9 Å². The lowest BCUT2D eigenvalue weighted by Gasteiger charge is -2.37. The summed E-state index contributed by atoms with van der Waals surface area (Å²) in [6.45, 7) is 6.71. The van der Waals surface area contributed by atoms with Gasteiger partial charge in [-0.1, -0.05) is 135 Å². The van der Waals surface area contributed by atoms with Crippen molar-refractivity contribution in [3.63, 3.8) is 0 Å². The van der Waals surface area contributed by atoms with Crippen LogP contribution in [0.25, 0.3) is 22.5 Å². The summed E-state index contributed by atoms with van der Waals surface area (Å²) >= 11 is 0. The lowest BCUT2D eigenvalue weighted by molar-refractivity contribution is 0.357. The Morgan fingerprint density at radius 3 is 1.69 bits per heavy atom. The van der Waals surface area contributed by atoms with Gasteiger partial charge in [0.2, 0.25) is 5.82 Å². The molecule has 0 unspecified atom stereocenters. The van der Waals surface area contributed by atoms with Crippen molar-refractivity contribution in [3.8, 4) is 22.5 Å². The molecule has 224 valence electrons. The summed E-state index contributed by atoms with van der Waals surface area (Å²) in [5.74, 6) is 1.85. The predicted octanol–water partition coefficient (Wildman–Crippen LogP) is 7.91. The second kappa shape index (κ2) is 12.0. The van der Waals surface area contributed by atoms with E-state index in [-0.39, 0.29) is 0 Å². The molecule has 6 heteroatoms. The maximum atomic E-state index is 6.73. The molecule has 6 aromatic rings. The molecule has 2 atom stereocenters. The van der Waals surface area contributed by atoms with Crippen molar-refractivity contribution in [2.45, 2.75) is 25.8 Å². The zero-order valence-corrected chi connectivity index (χ0v) is 25.8. The molecule has 0 bridgehead atoms. The van der Waals surface area contributed by atoms with Gasteiger partial charge in [0, 0.05) is 18.7 Å². The molecule has 0 radical (unpaired) electrons. The summed E-state index contributed by atoms with van der Waals surface area (Å²) in [6, 6.07) is 45.9. The minimum absolute atomic E-state index is 0.555. The first kappa shape index (κ1) is 28.5. The molecular weight excluding hydrogens is 552 g/mol. The standard InChI is InChI=1S/C39H38N6/c1-28-24-29(2)27-44(26-28)37-23-22-30(25-36(37)40)34-20-12-13-21-35(34)38-41-43-45(42-38)39(31-14-6-3-7-15-31,32-16-8-4-9-17-32)33-18-10-5-11-19-33/h3-23,25,28-29H,24,26-27,40H2,1-2H3/t28-,29+. The molecule has 7 rings (SSSR count). The summed E-state index contributed by atoms with van der Waals surface area (Å²) in [6.07, 6.45) is 1.26. The van der Waals surface area contributed by atoms with E-state index in [2.05, 4.69) is 122 Å². The molecule has 1 aromatic heterocycles. The number of nitrogens with zero attached hydrogens (tertiary/aromatic N) is 5. The van der Waals surface area contributed by atoms with Gasteiger partial charge in [-0.3, -0.25) is 0 Å². The van der Waals surface area contributed by atoms with Gasteiger partial charge in [0.25, 0.3) is 0 Å². The Morgan fingerprint density at radius 2 is 1.16 bits per heavy atom. The summed E-state index contributed by atoms with van der Waals surface area (Å²) in [7, 11) is 0. The monoisotopic (exact) mass is 590 g/mol. The Bertz CT molecular complexity index is 1780. The third kappa shape index (κ3) is 5.27. The van der Waals surface area contributed by atoms with E-state index in [4.69, 9.17) is 21.1 Å². The molecule has 1 aliphatic rings. The largest absolute Gasteiger partial charge is 0.397 e. The molecule has 1 fully saturated rings. The van der Waals surface area contributed by atoms with Crippen LogP contribution in [0.15, 0.2) is 133 Å². The number of hydrogen-bond donors (Lipinski definition) is 1. The highest BCUT2D eigenvalue weighted by Gasteiger charge is 2.41. The van der Waals surface area contributed by atoms with Crippen LogP contribution in [0, 0.1) is 11.8 Å². The average molecular weight is 591 g/mol. The van der Waals surface area contributed by atoms with Crippen LogP contribution in [0.4, 0.5) is 11.4 Å². The number of hydrogen-bond acceptors (Lipinski definition) is 5. The fourth-order valence-corrected chi connectivity index (χ4v) is 7.15. The van der Waals surface area contributed by atoms with E-state index in [1.165, 1.54) is 6.42 Å². The highest BCUT2D eigenvalue weighted by Crippen LogP contribution is 2.41. The Kier molecular flexibility index (Phi) is 7.64. The maximum absolute atomic E-state index is 6.73. The SMILES string of the molecule is C[C@@H]1C[C@H](C)CN(c2ccc(-c3ccccc3-c3nnn(C(c4ccccc4)(c4ccccc4)c4ccccc4)n3)cc2N)C1. The van der Waals surface area contributed by atoms with Gasteiger partial charge >= 0.3 is 0 Å². The predicted molar refractivity (Wildman–Crippen MR) is 183 cm³/mol. The number of piperidine rings is 1. The lowest BCUT2D eigenvalue weighted by Crippen LogP contribution is -2.39. The summed E-state index contributed by atoms with van der Waals surface area (Å²) in [5.41, 5.74) is 13.9. The molecular formula is C39H38N6. The van der Waals surface area contributed by atoms with Crippen LogP contribution in [0.3, 0.4) is 0 Å². The highest BCUT2D eigenvalue weighted by atomic mass is 15.6. The van der Waals surface area contributed by atoms with Crippen molar-refractivity contribution in [2.24, 2.45) is 11.8 Å². The second-order valence-electron chi connectivity index (χ2n) is 12.4. The number of tetrazole rings is 1. The second-order valence-corrected chi connectivity index (χ2v) is 12.4. The van der Waals surface area contributed by atoms with Gasteiger partial charge < -0.3 is 10.6 Å². The molecule has 2 N–H and O–H groups in total. The average Bonchev–Trinajstić information content (AvgIpc) is 3.56. The van der Waals surface area contributed by atoms with Crippen LogP contribution in [-0.2, 0) is 5.54 Å². The molecule has 0 spiro atoms. The third-order valence-corrected chi connectivity index (χ3v) is 9.00. The highest BCUT2D eigenvalue weighted by molar-refractivity contribution is 5.84. The molecule has 0 amide bonds. The van der Waals surface area contributed by atoms with Crippen molar-refractivity contribution in [1.29, 1.82) is 0 Å². The van der Waals surface area contributed by atoms with Crippen LogP contribution < -0.4 is 10.6 Å². The lowest BCUT2D eigenvalue weighted by atomic mass is 9.77. The van der Waals surface area contributed by atoms with Crippen LogP contribution >= 0.6 is 0 Å². The van der Waals surface area contributed by atoms with Crippen molar-refractivity contribution in [3.05, 3.63) is 150 Å². The first-order valence-electron chi connectivity index (χ1n) is 15.8. The fraction of sp³-hybridized carbons (Fsp3) is 0.205. The van der Waals surface area contributed by atoms with Gasteiger partial charge in [-0.25, -0.2) is 0 Å². The molecule has 1 saturated heterocycles. The van der Waals surface area contributed by atoms with Crippen molar-refractivity contribution in [2.75, 3.05) is 23.7 Å². The zero-order chi connectivity index (χ0) is 30.8. The van der Waals surface area contributed by atoms with E-state index in [1.54, 1.807) is 4.80 Å². The van der Waals surface area contributed by atoms with Gasteiger partial charge in [-0.2, -0.15) is 0 Å². The zero-order valence-electron chi connectivity index (χ0n) is 25.8. The van der Waals surface area contributed by atoms with Gasteiger partial charge in [0.1, 0.15) is 0 Å². The van der Waals surface area contributed by atoms with Crippen LogP contribution in [0.5, 0.6) is 0 Å². The molecule has 1 aliphatic heterocycles. The van der Waals surface area contributed by atoms with Gasteiger partial charge in [-0.15, -0.1) is 15.0 Å². The smallest absolute Gasteiger partial charge is 0.205 e. The molecule has 0 saturated carbocycles. The van der Waals surface area contributed by atoms with Gasteiger partial charge in [0.05, 0.1) is 11.4 Å². The van der Waals surface area contributed by atoms with Crippen LogP contribution in [0.1, 0.15) is 37.0 Å². The fourth-order valence-electron chi connectivity index (χ4n) is 7.15. The summed E-state index contributed by atoms with van der Waals surface area (Å²) in [4.78, 5) is 4.21. The molecule has 45 heavy (non-hydrogen) atoms. The first-order valence-corrected chi connectivity index (χ1v) is 15.8. The Labute approximate surface area is 265 Å². The normalized spacial score (nSPS) is 16.9. The Morgan fingerprint density at radius 1 is 0.644 bits per heavy atom.